The summed E-state index contributed by atoms with van der Waals surface area (Å²) in [5.74, 6) is -1.14. The van der Waals surface area contributed by atoms with Gasteiger partial charge < -0.3 is 14.4 Å². The molecule has 1 aromatic heterocycles. The molecule has 1 N–H and O–H groups in total. The number of likely N-dealkylation sites (tertiary alicyclic amines) is 1. The van der Waals surface area contributed by atoms with Gasteiger partial charge in [-0.05, 0) is 54.1 Å². The molecule has 0 bridgehead atoms. The Morgan fingerprint density at radius 1 is 1.10 bits per heavy atom. The summed E-state index contributed by atoms with van der Waals surface area (Å²) >= 11 is 9.36. The summed E-state index contributed by atoms with van der Waals surface area (Å²) in [5.41, 5.74) is 1.13. The Morgan fingerprint density at radius 2 is 1.86 bits per heavy atom. The highest BCUT2D eigenvalue weighted by Gasteiger charge is 2.46. The monoisotopic (exact) mass is 471 g/mol. The average Bonchev–Trinajstić information content (AvgIpc) is 3.30. The molecule has 1 amide bonds. The number of hydrogen-bond donors (Lipinski definition) is 1. The first kappa shape index (κ1) is 19.5. The number of Topliss-reactive ketones (excluding diaryl/α,β-unsaturated/α-hetero) is 1. The summed E-state index contributed by atoms with van der Waals surface area (Å²) in [6, 6.07) is 16.4. The third kappa shape index (κ3) is 3.73. The van der Waals surface area contributed by atoms with Gasteiger partial charge in [-0.25, -0.2) is 0 Å². The van der Waals surface area contributed by atoms with Crippen LogP contribution in [0.4, 0.5) is 0 Å². The van der Waals surface area contributed by atoms with Gasteiger partial charge in [-0.3, -0.25) is 9.59 Å². The molecule has 146 valence electrons. The first-order chi connectivity index (χ1) is 14.0. The number of aliphatic hydroxyl groups is 1. The zero-order valence-corrected chi connectivity index (χ0v) is 17.4. The van der Waals surface area contributed by atoms with Gasteiger partial charge in [0.15, 0.2) is 0 Å². The van der Waals surface area contributed by atoms with E-state index in [4.69, 9.17) is 16.0 Å². The van der Waals surface area contributed by atoms with Gasteiger partial charge in [-0.15, -0.1) is 0 Å². The van der Waals surface area contributed by atoms with Gasteiger partial charge in [0.2, 0.25) is 0 Å². The summed E-state index contributed by atoms with van der Waals surface area (Å²) in [4.78, 5) is 27.2. The van der Waals surface area contributed by atoms with Crippen molar-refractivity contribution in [2.24, 2.45) is 0 Å². The maximum atomic E-state index is 12.9. The number of carbonyl (C=O) groups is 2. The van der Waals surface area contributed by atoms with Crippen LogP contribution in [0.25, 0.3) is 5.76 Å². The second-order valence-electron chi connectivity index (χ2n) is 6.57. The molecule has 1 saturated heterocycles. The van der Waals surface area contributed by atoms with Gasteiger partial charge in [0.05, 0.1) is 24.4 Å². The quantitative estimate of drug-likeness (QED) is 0.317. The highest BCUT2D eigenvalue weighted by molar-refractivity contribution is 9.10. The molecule has 7 heteroatoms. The molecule has 29 heavy (non-hydrogen) atoms. The molecule has 2 heterocycles. The third-order valence-electron chi connectivity index (χ3n) is 4.73. The number of aliphatic hydroxyl groups excluding tert-OH is 1. The lowest BCUT2D eigenvalue weighted by Gasteiger charge is -2.24. The van der Waals surface area contributed by atoms with Crippen LogP contribution in [0.3, 0.4) is 0 Å². The van der Waals surface area contributed by atoms with Crippen molar-refractivity contribution in [3.05, 3.63) is 98.9 Å². The molecule has 1 atom stereocenters. The first-order valence-corrected chi connectivity index (χ1v) is 9.95. The number of hydrogen-bond acceptors (Lipinski definition) is 4. The number of nitrogens with zero attached hydrogens (tertiary/aromatic N) is 1. The summed E-state index contributed by atoms with van der Waals surface area (Å²) < 4.78 is 6.17. The minimum absolute atomic E-state index is 0.0296. The third-order valence-corrected chi connectivity index (χ3v) is 5.47. The molecule has 2 aromatic carbocycles. The zero-order valence-electron chi connectivity index (χ0n) is 15.0. The highest BCUT2D eigenvalue weighted by Crippen LogP contribution is 2.41. The van der Waals surface area contributed by atoms with Crippen LogP contribution in [-0.4, -0.2) is 21.7 Å². The maximum Gasteiger partial charge on any atom is 0.296 e. The molecular formula is C22H15BrClNO4. The second-order valence-corrected chi connectivity index (χ2v) is 7.92. The molecule has 1 unspecified atom stereocenters. The van der Waals surface area contributed by atoms with Crippen molar-refractivity contribution in [3.63, 3.8) is 0 Å². The summed E-state index contributed by atoms with van der Waals surface area (Å²) in [6.45, 7) is 0.103. The minimum Gasteiger partial charge on any atom is -0.507 e. The molecule has 1 fully saturated rings. The molecule has 1 aliphatic rings. The molecule has 4 rings (SSSR count). The van der Waals surface area contributed by atoms with Gasteiger partial charge in [-0.1, -0.05) is 39.7 Å². The fraction of sp³-hybridized carbons (Fsp3) is 0.0909. The van der Waals surface area contributed by atoms with Crippen LogP contribution in [0.2, 0.25) is 5.02 Å². The number of amides is 1. The molecule has 0 aliphatic carbocycles. The van der Waals surface area contributed by atoms with E-state index < -0.39 is 17.7 Å². The smallest absolute Gasteiger partial charge is 0.296 e. The van der Waals surface area contributed by atoms with Gasteiger partial charge >= 0.3 is 0 Å². The van der Waals surface area contributed by atoms with Crippen LogP contribution >= 0.6 is 27.5 Å². The van der Waals surface area contributed by atoms with E-state index in [1.807, 2.05) is 24.3 Å². The molecule has 3 aromatic rings. The van der Waals surface area contributed by atoms with E-state index >= 15 is 0 Å². The van der Waals surface area contributed by atoms with E-state index in [1.54, 1.807) is 36.4 Å². The maximum absolute atomic E-state index is 12.9. The van der Waals surface area contributed by atoms with E-state index in [0.29, 0.717) is 21.9 Å². The summed E-state index contributed by atoms with van der Waals surface area (Å²) in [7, 11) is 0. The number of rotatable bonds is 4. The Labute approximate surface area is 180 Å². The van der Waals surface area contributed by atoms with Gasteiger partial charge in [0.25, 0.3) is 11.7 Å². The minimum atomic E-state index is -0.756. The molecule has 0 saturated carbocycles. The zero-order chi connectivity index (χ0) is 20.5. The lowest BCUT2D eigenvalue weighted by molar-refractivity contribution is -0.140. The van der Waals surface area contributed by atoms with E-state index in [9.17, 15) is 14.7 Å². The van der Waals surface area contributed by atoms with Crippen LogP contribution < -0.4 is 0 Å². The van der Waals surface area contributed by atoms with E-state index in [-0.39, 0.29) is 17.9 Å². The van der Waals surface area contributed by atoms with Gasteiger partial charge in [0.1, 0.15) is 11.5 Å². The number of ketones is 1. The Hall–Kier alpha value is -2.83. The molecule has 1 aliphatic heterocycles. The van der Waals surface area contributed by atoms with Crippen molar-refractivity contribution >= 4 is 45.0 Å². The van der Waals surface area contributed by atoms with E-state index in [2.05, 4.69) is 15.9 Å². The van der Waals surface area contributed by atoms with Gasteiger partial charge in [-0.2, -0.15) is 0 Å². The first-order valence-electron chi connectivity index (χ1n) is 8.78. The predicted octanol–water partition coefficient (Wildman–Crippen LogP) is 5.32. The standard InChI is InChI=1S/C22H15BrClNO4/c23-15-4-1-3-14(11-15)19-18(20(26)13-6-8-16(24)9-7-13)21(27)22(28)25(19)12-17-5-2-10-29-17/h1-11,19,26H,12H2/b20-18+. The lowest BCUT2D eigenvalue weighted by atomic mass is 9.95. The molecule has 0 radical (unpaired) electrons. The van der Waals surface area contributed by atoms with Crippen LogP contribution in [0.5, 0.6) is 0 Å². The highest BCUT2D eigenvalue weighted by atomic mass is 79.9. The number of carbonyl (C=O) groups excluding carboxylic acids is 2. The topological polar surface area (TPSA) is 70.8 Å². The Balaban J connectivity index is 1.87. The summed E-state index contributed by atoms with van der Waals surface area (Å²) in [5, 5.41) is 11.4. The number of halogens is 2. The van der Waals surface area contributed by atoms with Crippen molar-refractivity contribution < 1.29 is 19.1 Å². The van der Waals surface area contributed by atoms with Crippen molar-refractivity contribution in [1.82, 2.24) is 4.90 Å². The average molecular weight is 473 g/mol. The predicted molar refractivity (Wildman–Crippen MR) is 112 cm³/mol. The van der Waals surface area contributed by atoms with Crippen molar-refractivity contribution in [2.45, 2.75) is 12.6 Å². The van der Waals surface area contributed by atoms with Crippen LogP contribution in [0, 0.1) is 0 Å². The number of benzene rings is 2. The summed E-state index contributed by atoms with van der Waals surface area (Å²) in [6.07, 6.45) is 1.51. The Morgan fingerprint density at radius 3 is 2.52 bits per heavy atom. The van der Waals surface area contributed by atoms with Crippen LogP contribution in [0.15, 0.2) is 81.4 Å². The fourth-order valence-corrected chi connectivity index (χ4v) is 3.94. The van der Waals surface area contributed by atoms with Gasteiger partial charge in [0, 0.05) is 15.1 Å². The lowest BCUT2D eigenvalue weighted by Crippen LogP contribution is -2.29. The van der Waals surface area contributed by atoms with Crippen LogP contribution in [0.1, 0.15) is 22.9 Å². The van der Waals surface area contributed by atoms with Crippen LogP contribution in [-0.2, 0) is 16.1 Å². The number of furan rings is 1. The molecular weight excluding hydrogens is 458 g/mol. The SMILES string of the molecule is O=C1C(=O)N(Cc2ccco2)C(c2cccc(Br)c2)/C1=C(\O)c1ccc(Cl)cc1. The Bertz CT molecular complexity index is 1110. The van der Waals surface area contributed by atoms with Crippen molar-refractivity contribution in [1.29, 1.82) is 0 Å². The molecule has 0 spiro atoms. The normalized spacial score (nSPS) is 18.4. The van der Waals surface area contributed by atoms with E-state index in [1.165, 1.54) is 11.2 Å². The second kappa shape index (κ2) is 7.89. The van der Waals surface area contributed by atoms with Crippen molar-refractivity contribution in [2.75, 3.05) is 0 Å². The fourth-order valence-electron chi connectivity index (χ4n) is 3.40. The Kier molecular flexibility index (Phi) is 5.30. The molecule has 5 nitrogen and oxygen atoms in total. The van der Waals surface area contributed by atoms with E-state index in [0.717, 1.165) is 4.47 Å². The van der Waals surface area contributed by atoms with Crippen molar-refractivity contribution in [3.8, 4) is 0 Å². The largest absolute Gasteiger partial charge is 0.507 e.